The third kappa shape index (κ3) is 4.67. The van der Waals surface area contributed by atoms with Gasteiger partial charge in [0.05, 0.1) is 5.52 Å². The van der Waals surface area contributed by atoms with Crippen LogP contribution in [0.3, 0.4) is 0 Å². The number of unbranched alkanes of at least 4 members (excludes halogenated alkanes) is 2. The topological polar surface area (TPSA) is 48.3 Å². The molecule has 1 aliphatic rings. The van der Waals surface area contributed by atoms with E-state index in [0.29, 0.717) is 6.61 Å². The number of halogens is 1. The van der Waals surface area contributed by atoms with Crippen LogP contribution in [0.15, 0.2) is 48.7 Å². The van der Waals surface area contributed by atoms with Crippen LogP contribution in [0, 0.1) is 12.7 Å². The van der Waals surface area contributed by atoms with Crippen LogP contribution < -0.4 is 14.8 Å². The van der Waals surface area contributed by atoms with Crippen LogP contribution in [-0.2, 0) is 13.5 Å². The first kappa shape index (κ1) is 21.7. The van der Waals surface area contributed by atoms with Crippen LogP contribution in [0.1, 0.15) is 30.5 Å². The van der Waals surface area contributed by atoms with Crippen LogP contribution in [0.2, 0.25) is 0 Å². The average molecular weight is 448 g/mol. The van der Waals surface area contributed by atoms with E-state index >= 15 is 0 Å². The summed E-state index contributed by atoms with van der Waals surface area (Å²) in [5.41, 5.74) is 4.23. The highest BCUT2D eigenvalue weighted by Crippen LogP contribution is 2.38. The lowest BCUT2D eigenvalue weighted by Crippen LogP contribution is -2.38. The molecular formula is C27H30FN3O2. The molecule has 0 saturated carbocycles. The number of benzene rings is 2. The van der Waals surface area contributed by atoms with Gasteiger partial charge in [0.1, 0.15) is 18.5 Å². The van der Waals surface area contributed by atoms with Gasteiger partial charge >= 0.3 is 0 Å². The SMILES string of the molecule is Cc1ccc2c3c(ccc2n1)OCC(CNCCCCCc1cn(C)c2ccc(F)cc12)O3. The Balaban J connectivity index is 1.07. The molecule has 6 heteroatoms. The largest absolute Gasteiger partial charge is 0.486 e. The maximum absolute atomic E-state index is 13.6. The molecule has 33 heavy (non-hydrogen) atoms. The fourth-order valence-electron chi connectivity index (χ4n) is 4.63. The number of rotatable bonds is 8. The second-order valence-electron chi connectivity index (χ2n) is 8.90. The molecular weight excluding hydrogens is 417 g/mol. The Kier molecular flexibility index (Phi) is 6.18. The zero-order valence-electron chi connectivity index (χ0n) is 19.2. The molecule has 1 N–H and O–H groups in total. The van der Waals surface area contributed by atoms with Crippen LogP contribution in [0.5, 0.6) is 11.5 Å². The van der Waals surface area contributed by atoms with Gasteiger partial charge in [-0.3, -0.25) is 4.98 Å². The summed E-state index contributed by atoms with van der Waals surface area (Å²) in [7, 11) is 2.02. The van der Waals surface area contributed by atoms with Crippen molar-refractivity contribution in [3.8, 4) is 11.5 Å². The number of fused-ring (bicyclic) bond motifs is 4. The summed E-state index contributed by atoms with van der Waals surface area (Å²) in [6.07, 6.45) is 6.38. The molecule has 1 aliphatic heterocycles. The molecule has 0 radical (unpaired) electrons. The van der Waals surface area contributed by atoms with Crippen LogP contribution in [-0.4, -0.2) is 35.4 Å². The third-order valence-corrected chi connectivity index (χ3v) is 6.34. The molecule has 172 valence electrons. The lowest BCUT2D eigenvalue weighted by atomic mass is 10.1. The molecule has 1 unspecified atom stereocenters. The lowest BCUT2D eigenvalue weighted by molar-refractivity contribution is 0.0925. The van der Waals surface area contributed by atoms with Crippen molar-refractivity contribution < 1.29 is 13.9 Å². The van der Waals surface area contributed by atoms with Gasteiger partial charge in [0, 0.05) is 41.8 Å². The summed E-state index contributed by atoms with van der Waals surface area (Å²) in [6.45, 7) is 4.22. The summed E-state index contributed by atoms with van der Waals surface area (Å²) in [6, 6.07) is 13.0. The second-order valence-corrected chi connectivity index (χ2v) is 8.90. The minimum Gasteiger partial charge on any atom is -0.486 e. The van der Waals surface area contributed by atoms with Gasteiger partial charge in [-0.15, -0.1) is 0 Å². The molecule has 0 amide bonds. The van der Waals surface area contributed by atoms with Gasteiger partial charge in [-0.05, 0) is 80.8 Å². The third-order valence-electron chi connectivity index (χ3n) is 6.34. The molecule has 2 aromatic carbocycles. The van der Waals surface area contributed by atoms with Crippen molar-refractivity contribution in [1.29, 1.82) is 0 Å². The molecule has 0 bridgehead atoms. The van der Waals surface area contributed by atoms with Gasteiger partial charge in [0.15, 0.2) is 11.5 Å². The van der Waals surface area contributed by atoms with E-state index in [-0.39, 0.29) is 11.9 Å². The van der Waals surface area contributed by atoms with Crippen molar-refractivity contribution in [1.82, 2.24) is 14.9 Å². The molecule has 3 heterocycles. The van der Waals surface area contributed by atoms with E-state index in [1.54, 1.807) is 6.07 Å². The first-order chi connectivity index (χ1) is 16.1. The number of pyridine rings is 1. The van der Waals surface area contributed by atoms with Gasteiger partial charge in [-0.1, -0.05) is 6.42 Å². The van der Waals surface area contributed by atoms with Crippen LogP contribution >= 0.6 is 0 Å². The molecule has 0 fully saturated rings. The van der Waals surface area contributed by atoms with Crippen molar-refractivity contribution in [2.45, 2.75) is 38.7 Å². The van der Waals surface area contributed by atoms with Crippen molar-refractivity contribution in [3.63, 3.8) is 0 Å². The fourth-order valence-corrected chi connectivity index (χ4v) is 4.63. The highest BCUT2D eigenvalue weighted by Gasteiger charge is 2.23. The fraction of sp³-hybridized carbons (Fsp3) is 0.370. The lowest BCUT2D eigenvalue weighted by Gasteiger charge is -2.27. The Labute approximate surface area is 193 Å². The van der Waals surface area contributed by atoms with E-state index in [1.165, 1.54) is 11.6 Å². The Morgan fingerprint density at radius 1 is 1.09 bits per heavy atom. The Hall–Kier alpha value is -3.12. The molecule has 0 saturated heterocycles. The van der Waals surface area contributed by atoms with Gasteiger partial charge in [-0.2, -0.15) is 0 Å². The number of hydrogen-bond donors (Lipinski definition) is 1. The smallest absolute Gasteiger partial charge is 0.171 e. The number of nitrogens with one attached hydrogen (secondary N) is 1. The molecule has 1 atom stereocenters. The Bertz CT molecular complexity index is 1280. The Morgan fingerprint density at radius 2 is 2.00 bits per heavy atom. The monoisotopic (exact) mass is 447 g/mol. The van der Waals surface area contributed by atoms with E-state index in [1.807, 2.05) is 38.2 Å². The minimum absolute atomic E-state index is 0.0185. The predicted molar refractivity (Wildman–Crippen MR) is 130 cm³/mol. The predicted octanol–water partition coefficient (Wildman–Crippen LogP) is 5.32. The number of nitrogens with zero attached hydrogens (tertiary/aromatic N) is 2. The summed E-state index contributed by atoms with van der Waals surface area (Å²) in [4.78, 5) is 4.59. The molecule has 4 aromatic rings. The van der Waals surface area contributed by atoms with Gasteiger partial charge in [0.2, 0.25) is 0 Å². The van der Waals surface area contributed by atoms with Gasteiger partial charge in [-0.25, -0.2) is 4.39 Å². The molecule has 5 rings (SSSR count). The van der Waals surface area contributed by atoms with Gasteiger partial charge in [0.25, 0.3) is 0 Å². The maximum Gasteiger partial charge on any atom is 0.171 e. The minimum atomic E-state index is -0.171. The molecule has 2 aromatic heterocycles. The van der Waals surface area contributed by atoms with Crippen molar-refractivity contribution >= 4 is 21.8 Å². The first-order valence-electron chi connectivity index (χ1n) is 11.7. The van der Waals surface area contributed by atoms with E-state index < -0.39 is 0 Å². The van der Waals surface area contributed by atoms with E-state index in [4.69, 9.17) is 9.47 Å². The summed E-state index contributed by atoms with van der Waals surface area (Å²) in [5, 5.41) is 5.54. The van der Waals surface area contributed by atoms with Crippen molar-refractivity contribution in [2.24, 2.45) is 7.05 Å². The number of aryl methyl sites for hydroxylation is 3. The van der Waals surface area contributed by atoms with Crippen molar-refractivity contribution in [3.05, 3.63) is 65.7 Å². The molecule has 0 spiro atoms. The number of aromatic nitrogens is 2. The first-order valence-corrected chi connectivity index (χ1v) is 11.7. The van der Waals surface area contributed by atoms with E-state index in [0.717, 1.165) is 77.8 Å². The number of ether oxygens (including phenoxy) is 2. The zero-order valence-corrected chi connectivity index (χ0v) is 19.2. The maximum atomic E-state index is 13.6. The summed E-state index contributed by atoms with van der Waals surface area (Å²) in [5.74, 6) is 1.41. The molecule has 5 nitrogen and oxygen atoms in total. The highest BCUT2D eigenvalue weighted by molar-refractivity contribution is 5.88. The molecule has 0 aliphatic carbocycles. The van der Waals surface area contributed by atoms with E-state index in [2.05, 4.69) is 27.1 Å². The summed E-state index contributed by atoms with van der Waals surface area (Å²) >= 11 is 0. The van der Waals surface area contributed by atoms with Crippen molar-refractivity contribution in [2.75, 3.05) is 19.7 Å². The average Bonchev–Trinajstić information content (AvgIpc) is 3.12. The quantitative estimate of drug-likeness (QED) is 0.372. The zero-order chi connectivity index (χ0) is 22.8. The van der Waals surface area contributed by atoms with Crippen LogP contribution in [0.25, 0.3) is 21.8 Å². The van der Waals surface area contributed by atoms with Crippen LogP contribution in [0.4, 0.5) is 4.39 Å². The van der Waals surface area contributed by atoms with Gasteiger partial charge < -0.3 is 19.4 Å². The standard InChI is InChI=1S/C27H30FN3O2/c1-18-7-9-22-24(30-18)10-12-26-27(22)33-21(17-32-26)15-29-13-5-3-4-6-19-16-31(2)25-11-8-20(28)14-23(19)25/h7-12,14,16,21,29H,3-6,13,15,17H2,1-2H3. The van der Waals surface area contributed by atoms with E-state index in [9.17, 15) is 4.39 Å². The highest BCUT2D eigenvalue weighted by atomic mass is 19.1. The second kappa shape index (κ2) is 9.40. The Morgan fingerprint density at radius 3 is 2.91 bits per heavy atom. The summed E-state index contributed by atoms with van der Waals surface area (Å²) < 4.78 is 27.9. The number of hydrogen-bond acceptors (Lipinski definition) is 4. The normalized spacial score (nSPS) is 15.4.